The fourth-order valence-corrected chi connectivity index (χ4v) is 2.65. The van der Waals surface area contributed by atoms with Crippen molar-refractivity contribution in [3.8, 4) is 5.69 Å². The number of hydrogen-bond donors (Lipinski definition) is 1. The summed E-state index contributed by atoms with van der Waals surface area (Å²) in [6.45, 7) is 1.65. The summed E-state index contributed by atoms with van der Waals surface area (Å²) in [5.41, 5.74) is 0.306. The number of nitrogens with one attached hydrogen (secondary N) is 1. The van der Waals surface area contributed by atoms with Crippen LogP contribution < -0.4 is 5.32 Å². The van der Waals surface area contributed by atoms with Gasteiger partial charge in [-0.2, -0.15) is 4.68 Å². The van der Waals surface area contributed by atoms with Crippen molar-refractivity contribution in [2.24, 2.45) is 0 Å². The lowest BCUT2D eigenvalue weighted by atomic mass is 10.1. The van der Waals surface area contributed by atoms with Gasteiger partial charge in [0.05, 0.1) is 17.3 Å². The van der Waals surface area contributed by atoms with Crippen LogP contribution in [0.4, 0.5) is 8.78 Å². The molecule has 1 N–H and O–H groups in total. The van der Waals surface area contributed by atoms with Crippen molar-refractivity contribution in [3.05, 3.63) is 70.0 Å². The van der Waals surface area contributed by atoms with Crippen molar-refractivity contribution >= 4 is 21.8 Å². The summed E-state index contributed by atoms with van der Waals surface area (Å²) >= 11 is 3.37. The van der Waals surface area contributed by atoms with Gasteiger partial charge in [0.2, 0.25) is 0 Å². The second-order valence-electron chi connectivity index (χ2n) is 5.25. The summed E-state index contributed by atoms with van der Waals surface area (Å²) in [7, 11) is 0. The number of halogens is 3. The molecule has 1 unspecified atom stereocenters. The Bertz CT molecular complexity index is 930. The normalized spacial score (nSPS) is 12.0. The number of carbonyl (C=O) groups excluding carboxylic acids is 1. The highest BCUT2D eigenvalue weighted by atomic mass is 79.9. The van der Waals surface area contributed by atoms with Gasteiger partial charge in [-0.05, 0) is 53.7 Å². The lowest BCUT2D eigenvalue weighted by Gasteiger charge is -2.14. The predicted octanol–water partition coefficient (Wildman–Crippen LogP) is 3.19. The molecule has 128 valence electrons. The van der Waals surface area contributed by atoms with Crippen molar-refractivity contribution in [1.29, 1.82) is 0 Å². The number of nitrogens with zero attached hydrogens (tertiary/aromatic N) is 4. The molecule has 6 nitrogen and oxygen atoms in total. The van der Waals surface area contributed by atoms with Crippen LogP contribution in [0.2, 0.25) is 0 Å². The standard InChI is InChI=1S/C16H12BrF2N5O/c1-9(20-16(25)13-8-11(18)5-6-14(13)19)15-21-22-23-24(15)12-4-2-3-10(17)7-12/h2-9H,1H3,(H,20,25). The van der Waals surface area contributed by atoms with Gasteiger partial charge < -0.3 is 5.32 Å². The third-order valence-electron chi connectivity index (χ3n) is 3.45. The number of benzene rings is 2. The Morgan fingerprint density at radius 1 is 1.24 bits per heavy atom. The summed E-state index contributed by atoms with van der Waals surface area (Å²) in [5.74, 6) is -1.91. The van der Waals surface area contributed by atoms with Crippen LogP contribution in [0.1, 0.15) is 29.1 Å². The van der Waals surface area contributed by atoms with Crippen LogP contribution in [-0.4, -0.2) is 26.1 Å². The van der Waals surface area contributed by atoms with Gasteiger partial charge in [-0.15, -0.1) is 5.10 Å². The van der Waals surface area contributed by atoms with Gasteiger partial charge in [0.1, 0.15) is 11.6 Å². The molecule has 25 heavy (non-hydrogen) atoms. The van der Waals surface area contributed by atoms with Gasteiger partial charge in [0.25, 0.3) is 5.91 Å². The summed E-state index contributed by atoms with van der Waals surface area (Å²) in [4.78, 5) is 12.2. The molecule has 3 aromatic rings. The van der Waals surface area contributed by atoms with Crippen LogP contribution in [0, 0.1) is 11.6 Å². The topological polar surface area (TPSA) is 72.7 Å². The molecule has 0 saturated carbocycles. The van der Waals surface area contributed by atoms with Gasteiger partial charge in [0.15, 0.2) is 5.82 Å². The third-order valence-corrected chi connectivity index (χ3v) is 3.95. The van der Waals surface area contributed by atoms with E-state index in [2.05, 4.69) is 36.8 Å². The van der Waals surface area contributed by atoms with E-state index in [1.807, 2.05) is 12.1 Å². The Labute approximate surface area is 150 Å². The smallest absolute Gasteiger partial charge is 0.254 e. The van der Waals surface area contributed by atoms with Gasteiger partial charge in [-0.1, -0.05) is 22.0 Å². The molecule has 0 aliphatic heterocycles. The van der Waals surface area contributed by atoms with E-state index >= 15 is 0 Å². The fraction of sp³-hybridized carbons (Fsp3) is 0.125. The zero-order valence-corrected chi connectivity index (χ0v) is 14.5. The Kier molecular flexibility index (Phi) is 4.84. The molecule has 3 rings (SSSR count). The maximum atomic E-state index is 13.7. The van der Waals surface area contributed by atoms with E-state index in [0.717, 1.165) is 22.7 Å². The predicted molar refractivity (Wildman–Crippen MR) is 89.1 cm³/mol. The van der Waals surface area contributed by atoms with Gasteiger partial charge in [-0.25, -0.2) is 8.78 Å². The molecular weight excluding hydrogens is 396 g/mol. The van der Waals surface area contributed by atoms with E-state index in [-0.39, 0.29) is 5.56 Å². The van der Waals surface area contributed by atoms with Crippen molar-refractivity contribution in [1.82, 2.24) is 25.5 Å². The second kappa shape index (κ2) is 7.06. The van der Waals surface area contributed by atoms with Crippen molar-refractivity contribution in [2.75, 3.05) is 0 Å². The molecule has 1 atom stereocenters. The van der Waals surface area contributed by atoms with Crippen LogP contribution in [0.25, 0.3) is 5.69 Å². The minimum absolute atomic E-state index is 0.350. The SMILES string of the molecule is CC(NC(=O)c1cc(F)ccc1F)c1nnnn1-c1cccc(Br)c1. The highest BCUT2D eigenvalue weighted by Crippen LogP contribution is 2.19. The molecule has 2 aromatic carbocycles. The first-order valence-electron chi connectivity index (χ1n) is 7.26. The van der Waals surface area contributed by atoms with E-state index < -0.39 is 23.6 Å². The Morgan fingerprint density at radius 3 is 2.80 bits per heavy atom. The number of amides is 1. The average molecular weight is 408 g/mol. The Balaban J connectivity index is 1.85. The highest BCUT2D eigenvalue weighted by molar-refractivity contribution is 9.10. The fourth-order valence-electron chi connectivity index (χ4n) is 2.27. The molecule has 1 amide bonds. The first-order chi connectivity index (χ1) is 12.0. The Hall–Kier alpha value is -2.68. The zero-order chi connectivity index (χ0) is 18.0. The van der Waals surface area contributed by atoms with Crippen LogP contribution in [0.15, 0.2) is 46.9 Å². The summed E-state index contributed by atoms with van der Waals surface area (Å²) < 4.78 is 29.3. The molecule has 0 fully saturated rings. The maximum Gasteiger partial charge on any atom is 0.254 e. The Morgan fingerprint density at radius 2 is 2.04 bits per heavy atom. The zero-order valence-electron chi connectivity index (χ0n) is 12.9. The third kappa shape index (κ3) is 3.71. The van der Waals surface area contributed by atoms with Crippen molar-refractivity contribution in [2.45, 2.75) is 13.0 Å². The molecule has 0 spiro atoms. The van der Waals surface area contributed by atoms with E-state index in [0.29, 0.717) is 11.5 Å². The van der Waals surface area contributed by atoms with Gasteiger partial charge in [-0.3, -0.25) is 4.79 Å². The lowest BCUT2D eigenvalue weighted by molar-refractivity contribution is 0.0933. The van der Waals surface area contributed by atoms with Crippen LogP contribution in [-0.2, 0) is 0 Å². The number of aromatic nitrogens is 4. The van der Waals surface area contributed by atoms with E-state index in [9.17, 15) is 13.6 Å². The van der Waals surface area contributed by atoms with Crippen LogP contribution in [0.5, 0.6) is 0 Å². The summed E-state index contributed by atoms with van der Waals surface area (Å²) in [5, 5.41) is 14.0. The van der Waals surface area contributed by atoms with Crippen molar-refractivity contribution in [3.63, 3.8) is 0 Å². The molecule has 0 aliphatic rings. The molecule has 0 saturated heterocycles. The van der Waals surface area contributed by atoms with Crippen molar-refractivity contribution < 1.29 is 13.6 Å². The molecule has 1 heterocycles. The molecule has 0 aliphatic carbocycles. The maximum absolute atomic E-state index is 13.7. The summed E-state index contributed by atoms with van der Waals surface area (Å²) in [6.07, 6.45) is 0. The molecule has 1 aromatic heterocycles. The van der Waals surface area contributed by atoms with E-state index in [4.69, 9.17) is 0 Å². The monoisotopic (exact) mass is 407 g/mol. The largest absolute Gasteiger partial charge is 0.342 e. The van der Waals surface area contributed by atoms with Crippen LogP contribution >= 0.6 is 15.9 Å². The molecule has 9 heteroatoms. The molecule has 0 radical (unpaired) electrons. The van der Waals surface area contributed by atoms with Crippen LogP contribution in [0.3, 0.4) is 0 Å². The minimum atomic E-state index is -0.808. The molecular formula is C16H12BrF2N5O. The highest BCUT2D eigenvalue weighted by Gasteiger charge is 2.20. The quantitative estimate of drug-likeness (QED) is 0.720. The number of hydrogen-bond acceptors (Lipinski definition) is 4. The van der Waals surface area contributed by atoms with E-state index in [1.165, 1.54) is 4.68 Å². The number of tetrazole rings is 1. The summed E-state index contributed by atoms with van der Waals surface area (Å²) in [6, 6.07) is 9.33. The minimum Gasteiger partial charge on any atom is -0.342 e. The van der Waals surface area contributed by atoms with Gasteiger partial charge in [0, 0.05) is 4.47 Å². The lowest BCUT2D eigenvalue weighted by Crippen LogP contribution is -2.29. The first kappa shape index (κ1) is 17.2. The number of rotatable bonds is 4. The number of carbonyl (C=O) groups is 1. The van der Waals surface area contributed by atoms with E-state index in [1.54, 1.807) is 19.1 Å². The second-order valence-corrected chi connectivity index (χ2v) is 6.16. The first-order valence-corrected chi connectivity index (χ1v) is 8.05. The average Bonchev–Trinajstić information content (AvgIpc) is 3.06. The van der Waals surface area contributed by atoms with Gasteiger partial charge >= 0.3 is 0 Å². The molecule has 0 bridgehead atoms.